The van der Waals surface area contributed by atoms with Gasteiger partial charge >= 0.3 is 0 Å². The molecule has 1 aliphatic heterocycles. The number of carbonyl (C=O) groups is 1. The van der Waals surface area contributed by atoms with Crippen molar-refractivity contribution >= 4 is 15.9 Å². The summed E-state index contributed by atoms with van der Waals surface area (Å²) in [5, 5.41) is 2.85. The molecule has 2 fully saturated rings. The van der Waals surface area contributed by atoms with Gasteiger partial charge < -0.3 is 10.1 Å². The second-order valence-corrected chi connectivity index (χ2v) is 9.03. The molecule has 144 valence electrons. The average molecular weight is 384 g/mol. The first-order chi connectivity index (χ1) is 12.4. The summed E-state index contributed by atoms with van der Waals surface area (Å²) in [5.41, 5.74) is -0.224. The van der Waals surface area contributed by atoms with Gasteiger partial charge in [-0.3, -0.25) is 4.79 Å². The van der Waals surface area contributed by atoms with Crippen LogP contribution >= 0.6 is 0 Å². The standard InChI is InChI=1S/C18H25FN2O4S/c1-13-2-4-14(5-3-13)20-18(22)16-12-15(6-7-17(16)19)26(23,24)21-8-10-25-11-9-21/h6-7,12-14H,2-5,8-11H2,1H3,(H,20,22). The zero-order valence-electron chi connectivity index (χ0n) is 14.9. The molecule has 0 spiro atoms. The quantitative estimate of drug-likeness (QED) is 0.863. The summed E-state index contributed by atoms with van der Waals surface area (Å²) in [6, 6.07) is 3.41. The Hall–Kier alpha value is -1.51. The van der Waals surface area contributed by atoms with Crippen LogP contribution in [0, 0.1) is 11.7 Å². The molecule has 6 nitrogen and oxygen atoms in total. The third kappa shape index (κ3) is 4.24. The van der Waals surface area contributed by atoms with Crippen molar-refractivity contribution in [2.45, 2.75) is 43.5 Å². The Balaban J connectivity index is 1.77. The SMILES string of the molecule is CC1CCC(NC(=O)c2cc(S(=O)(=O)N3CCOCC3)ccc2F)CC1. The van der Waals surface area contributed by atoms with E-state index >= 15 is 0 Å². The van der Waals surface area contributed by atoms with E-state index in [0.717, 1.165) is 37.8 Å². The van der Waals surface area contributed by atoms with E-state index in [1.807, 2.05) is 0 Å². The molecule has 3 rings (SSSR count). The lowest BCUT2D eigenvalue weighted by Crippen LogP contribution is -2.41. The first-order valence-corrected chi connectivity index (χ1v) is 10.5. The molecule has 0 bridgehead atoms. The lowest BCUT2D eigenvalue weighted by atomic mass is 9.87. The lowest BCUT2D eigenvalue weighted by molar-refractivity contribution is 0.0730. The summed E-state index contributed by atoms with van der Waals surface area (Å²) in [6.45, 7) is 3.34. The van der Waals surface area contributed by atoms with E-state index in [0.29, 0.717) is 19.1 Å². The van der Waals surface area contributed by atoms with Gasteiger partial charge in [0, 0.05) is 19.1 Å². The molecule has 0 aromatic heterocycles. The molecule has 1 saturated carbocycles. The van der Waals surface area contributed by atoms with Crippen molar-refractivity contribution in [3.8, 4) is 0 Å². The Morgan fingerprint density at radius 1 is 1.19 bits per heavy atom. The van der Waals surface area contributed by atoms with Crippen LogP contribution in [-0.4, -0.2) is 51.0 Å². The van der Waals surface area contributed by atoms with E-state index in [2.05, 4.69) is 12.2 Å². The van der Waals surface area contributed by atoms with Gasteiger partial charge in [-0.2, -0.15) is 4.31 Å². The Kier molecular flexibility index (Phi) is 5.94. The van der Waals surface area contributed by atoms with Crippen LogP contribution in [0.15, 0.2) is 23.1 Å². The molecule has 1 aromatic rings. The second kappa shape index (κ2) is 8.02. The van der Waals surface area contributed by atoms with Gasteiger partial charge in [-0.25, -0.2) is 12.8 Å². The van der Waals surface area contributed by atoms with Gasteiger partial charge in [-0.05, 0) is 49.8 Å². The number of ether oxygens (including phenoxy) is 1. The molecule has 2 aliphatic rings. The zero-order valence-corrected chi connectivity index (χ0v) is 15.7. The molecular formula is C18H25FN2O4S. The van der Waals surface area contributed by atoms with Gasteiger partial charge in [0.2, 0.25) is 10.0 Å². The molecule has 1 saturated heterocycles. The number of hydrogen-bond acceptors (Lipinski definition) is 4. The highest BCUT2D eigenvalue weighted by atomic mass is 32.2. The van der Waals surface area contributed by atoms with Crippen molar-refractivity contribution in [3.63, 3.8) is 0 Å². The van der Waals surface area contributed by atoms with E-state index in [4.69, 9.17) is 4.74 Å². The fourth-order valence-corrected chi connectivity index (χ4v) is 4.88. The summed E-state index contributed by atoms with van der Waals surface area (Å²) in [6.07, 6.45) is 3.78. The third-order valence-electron chi connectivity index (χ3n) is 5.14. The highest BCUT2D eigenvalue weighted by Gasteiger charge is 2.28. The summed E-state index contributed by atoms with van der Waals surface area (Å²) in [7, 11) is -3.77. The molecular weight excluding hydrogens is 359 g/mol. The van der Waals surface area contributed by atoms with Gasteiger partial charge in [-0.1, -0.05) is 6.92 Å². The van der Waals surface area contributed by atoms with Crippen molar-refractivity contribution < 1.29 is 22.3 Å². The molecule has 0 radical (unpaired) electrons. The second-order valence-electron chi connectivity index (χ2n) is 7.09. The highest BCUT2D eigenvalue weighted by molar-refractivity contribution is 7.89. The molecule has 8 heteroatoms. The molecule has 1 N–H and O–H groups in total. The van der Waals surface area contributed by atoms with E-state index in [1.165, 1.54) is 10.4 Å². The van der Waals surface area contributed by atoms with Gasteiger partial charge in [0.05, 0.1) is 23.7 Å². The maximum atomic E-state index is 14.2. The maximum Gasteiger partial charge on any atom is 0.254 e. The van der Waals surface area contributed by atoms with Gasteiger partial charge in [0.15, 0.2) is 0 Å². The van der Waals surface area contributed by atoms with E-state index in [1.54, 1.807) is 0 Å². The van der Waals surface area contributed by atoms with Crippen LogP contribution in [0.1, 0.15) is 43.0 Å². The minimum atomic E-state index is -3.77. The summed E-state index contributed by atoms with van der Waals surface area (Å²) in [5.74, 6) is -0.629. The van der Waals surface area contributed by atoms with E-state index in [-0.39, 0.29) is 29.6 Å². The van der Waals surface area contributed by atoms with E-state index < -0.39 is 21.7 Å². The lowest BCUT2D eigenvalue weighted by Gasteiger charge is -2.27. The molecule has 1 aromatic carbocycles. The largest absolute Gasteiger partial charge is 0.379 e. The minimum Gasteiger partial charge on any atom is -0.379 e. The third-order valence-corrected chi connectivity index (χ3v) is 7.04. The summed E-state index contributed by atoms with van der Waals surface area (Å²) < 4.78 is 46.1. The first kappa shape index (κ1) is 19.3. The van der Waals surface area contributed by atoms with Crippen LogP contribution in [0.4, 0.5) is 4.39 Å². The predicted molar refractivity (Wildman–Crippen MR) is 94.9 cm³/mol. The van der Waals surface area contributed by atoms with Crippen LogP contribution in [0.2, 0.25) is 0 Å². The van der Waals surface area contributed by atoms with Crippen LogP contribution in [0.25, 0.3) is 0 Å². The van der Waals surface area contributed by atoms with Crippen LogP contribution < -0.4 is 5.32 Å². The number of hydrogen-bond donors (Lipinski definition) is 1. The Bertz CT molecular complexity index is 754. The topological polar surface area (TPSA) is 75.7 Å². The normalized spacial score (nSPS) is 25.0. The molecule has 0 unspecified atom stereocenters. The Morgan fingerprint density at radius 3 is 2.50 bits per heavy atom. The smallest absolute Gasteiger partial charge is 0.254 e. The fraction of sp³-hybridized carbons (Fsp3) is 0.611. The highest BCUT2D eigenvalue weighted by Crippen LogP contribution is 2.24. The van der Waals surface area contributed by atoms with Crippen molar-refractivity contribution in [3.05, 3.63) is 29.6 Å². The number of carbonyl (C=O) groups excluding carboxylic acids is 1. The van der Waals surface area contributed by atoms with Crippen molar-refractivity contribution in [2.75, 3.05) is 26.3 Å². The molecule has 1 heterocycles. The number of benzene rings is 1. The predicted octanol–water partition coefficient (Wildman–Crippen LogP) is 2.16. The number of rotatable bonds is 4. The van der Waals surface area contributed by atoms with Gasteiger partial charge in [0.1, 0.15) is 5.82 Å². The van der Waals surface area contributed by atoms with Crippen LogP contribution in [-0.2, 0) is 14.8 Å². The van der Waals surface area contributed by atoms with Crippen molar-refractivity contribution in [2.24, 2.45) is 5.92 Å². The Morgan fingerprint density at radius 2 is 1.85 bits per heavy atom. The van der Waals surface area contributed by atoms with Gasteiger partial charge in [-0.15, -0.1) is 0 Å². The first-order valence-electron chi connectivity index (χ1n) is 9.06. The maximum absolute atomic E-state index is 14.2. The molecule has 0 atom stereocenters. The number of halogens is 1. The molecule has 1 aliphatic carbocycles. The molecule has 26 heavy (non-hydrogen) atoms. The number of morpholine rings is 1. The van der Waals surface area contributed by atoms with Crippen LogP contribution in [0.3, 0.4) is 0 Å². The average Bonchev–Trinajstić information content (AvgIpc) is 2.64. The number of amides is 1. The summed E-state index contributed by atoms with van der Waals surface area (Å²) in [4.78, 5) is 12.4. The molecule has 1 amide bonds. The van der Waals surface area contributed by atoms with Crippen molar-refractivity contribution in [1.29, 1.82) is 0 Å². The zero-order chi connectivity index (χ0) is 18.7. The number of sulfonamides is 1. The van der Waals surface area contributed by atoms with Crippen molar-refractivity contribution in [1.82, 2.24) is 9.62 Å². The van der Waals surface area contributed by atoms with Crippen LogP contribution in [0.5, 0.6) is 0 Å². The van der Waals surface area contributed by atoms with Gasteiger partial charge in [0.25, 0.3) is 5.91 Å². The Labute approximate surface area is 153 Å². The number of nitrogens with one attached hydrogen (secondary N) is 1. The fourth-order valence-electron chi connectivity index (χ4n) is 3.44. The monoisotopic (exact) mass is 384 g/mol. The minimum absolute atomic E-state index is 0.0117. The summed E-state index contributed by atoms with van der Waals surface area (Å²) >= 11 is 0. The van der Waals surface area contributed by atoms with E-state index in [9.17, 15) is 17.6 Å². The number of nitrogens with zero attached hydrogens (tertiary/aromatic N) is 1.